The molecule has 104 valence electrons. The van der Waals surface area contributed by atoms with Gasteiger partial charge in [0.2, 0.25) is 0 Å². The van der Waals surface area contributed by atoms with E-state index in [2.05, 4.69) is 4.98 Å². The third kappa shape index (κ3) is 2.76. The van der Waals surface area contributed by atoms with E-state index in [1.807, 2.05) is 24.3 Å². The third-order valence-corrected chi connectivity index (χ3v) is 3.69. The Kier molecular flexibility index (Phi) is 3.59. The second kappa shape index (κ2) is 5.38. The fourth-order valence-corrected chi connectivity index (χ4v) is 2.42. The van der Waals surface area contributed by atoms with Gasteiger partial charge < -0.3 is 5.11 Å². The van der Waals surface area contributed by atoms with E-state index in [1.165, 1.54) is 6.07 Å². The molecule has 1 aliphatic rings. The minimum atomic E-state index is -0.113. The van der Waals surface area contributed by atoms with E-state index in [0.29, 0.717) is 12.5 Å². The van der Waals surface area contributed by atoms with Gasteiger partial charge in [-0.25, -0.2) is 4.98 Å². The van der Waals surface area contributed by atoms with E-state index in [1.54, 1.807) is 4.57 Å². The molecule has 5 heteroatoms. The Bertz CT molecular complexity index is 675. The molecule has 0 radical (unpaired) electrons. The average molecular weight is 291 g/mol. The first-order valence-electron chi connectivity index (χ1n) is 6.63. The number of aliphatic hydroxyl groups is 1. The maximum Gasteiger partial charge on any atom is 0.255 e. The Hall–Kier alpha value is -1.65. The fourth-order valence-electron chi connectivity index (χ4n) is 2.24. The summed E-state index contributed by atoms with van der Waals surface area (Å²) in [6.45, 7) is 0.511. The van der Waals surface area contributed by atoms with E-state index >= 15 is 0 Å². The van der Waals surface area contributed by atoms with Crippen LogP contribution < -0.4 is 5.56 Å². The number of benzene rings is 1. The molecular weight excluding hydrogens is 276 g/mol. The fraction of sp³-hybridized carbons (Fsp3) is 0.333. The number of aliphatic hydroxyl groups excluding tert-OH is 1. The molecule has 1 saturated carbocycles. The van der Waals surface area contributed by atoms with Crippen molar-refractivity contribution in [3.05, 3.63) is 62.8 Å². The van der Waals surface area contributed by atoms with Crippen molar-refractivity contribution < 1.29 is 5.11 Å². The van der Waals surface area contributed by atoms with Gasteiger partial charge in [-0.15, -0.1) is 0 Å². The van der Waals surface area contributed by atoms with E-state index in [-0.39, 0.29) is 17.3 Å². The van der Waals surface area contributed by atoms with E-state index in [4.69, 9.17) is 16.7 Å². The van der Waals surface area contributed by atoms with Gasteiger partial charge in [0.15, 0.2) is 0 Å². The second-order valence-corrected chi connectivity index (χ2v) is 5.50. The number of hydrogen-bond acceptors (Lipinski definition) is 3. The lowest BCUT2D eigenvalue weighted by atomic mass is 10.1. The van der Waals surface area contributed by atoms with Crippen LogP contribution in [0.4, 0.5) is 0 Å². The summed E-state index contributed by atoms with van der Waals surface area (Å²) in [6, 6.07) is 8.92. The molecule has 0 spiro atoms. The highest BCUT2D eigenvalue weighted by Crippen LogP contribution is 2.38. The van der Waals surface area contributed by atoms with E-state index in [0.717, 1.165) is 29.8 Å². The van der Waals surface area contributed by atoms with Crippen molar-refractivity contribution in [2.75, 3.05) is 0 Å². The smallest absolute Gasteiger partial charge is 0.255 e. The minimum Gasteiger partial charge on any atom is -0.392 e. The van der Waals surface area contributed by atoms with Gasteiger partial charge >= 0.3 is 0 Å². The summed E-state index contributed by atoms with van der Waals surface area (Å²) in [6.07, 6.45) is 2.13. The molecule has 0 unspecified atom stereocenters. The first-order valence-corrected chi connectivity index (χ1v) is 7.01. The van der Waals surface area contributed by atoms with Crippen LogP contribution in [0.1, 0.15) is 35.7 Å². The number of halogens is 1. The predicted octanol–water partition coefficient (Wildman–Crippen LogP) is 2.31. The van der Waals surface area contributed by atoms with Crippen molar-refractivity contribution in [1.82, 2.24) is 9.55 Å². The molecule has 4 nitrogen and oxygen atoms in total. The lowest BCUT2D eigenvalue weighted by Gasteiger charge is -2.12. The highest BCUT2D eigenvalue weighted by Gasteiger charge is 2.28. The van der Waals surface area contributed by atoms with Crippen LogP contribution in [-0.2, 0) is 13.2 Å². The van der Waals surface area contributed by atoms with Crippen LogP contribution in [0.3, 0.4) is 0 Å². The van der Waals surface area contributed by atoms with Gasteiger partial charge in [-0.2, -0.15) is 0 Å². The van der Waals surface area contributed by atoms with Gasteiger partial charge in [-0.3, -0.25) is 9.36 Å². The first kappa shape index (κ1) is 13.3. The molecule has 0 amide bonds. The number of aromatic nitrogens is 2. The quantitative estimate of drug-likeness (QED) is 0.879. The van der Waals surface area contributed by atoms with Gasteiger partial charge in [0.05, 0.1) is 13.2 Å². The molecule has 1 heterocycles. The molecule has 1 aromatic carbocycles. The summed E-state index contributed by atoms with van der Waals surface area (Å²) in [5.41, 5.74) is 1.76. The number of nitrogens with zero attached hydrogens (tertiary/aromatic N) is 2. The standard InChI is InChI=1S/C15H15ClN2O2/c16-13-7-14(20)18(15(17-13)12-5-6-12)8-10-1-3-11(9-19)4-2-10/h1-4,7,12,19H,5-6,8-9H2. The molecule has 1 aromatic heterocycles. The second-order valence-electron chi connectivity index (χ2n) is 5.11. The van der Waals surface area contributed by atoms with Crippen molar-refractivity contribution >= 4 is 11.6 Å². The average Bonchev–Trinajstić information content (AvgIpc) is 3.27. The summed E-state index contributed by atoms with van der Waals surface area (Å²) in [4.78, 5) is 16.4. The minimum absolute atomic E-state index is 0.0239. The van der Waals surface area contributed by atoms with Crippen LogP contribution >= 0.6 is 11.6 Å². The molecule has 2 aromatic rings. The molecule has 1 aliphatic carbocycles. The van der Waals surface area contributed by atoms with E-state index in [9.17, 15) is 4.79 Å². The monoisotopic (exact) mass is 290 g/mol. The van der Waals surface area contributed by atoms with Gasteiger partial charge in [0, 0.05) is 12.0 Å². The Morgan fingerprint density at radius 3 is 2.50 bits per heavy atom. The van der Waals surface area contributed by atoms with Crippen LogP contribution in [0.25, 0.3) is 0 Å². The Morgan fingerprint density at radius 2 is 1.90 bits per heavy atom. The number of rotatable bonds is 4. The highest BCUT2D eigenvalue weighted by atomic mass is 35.5. The van der Waals surface area contributed by atoms with Crippen molar-refractivity contribution in [1.29, 1.82) is 0 Å². The Balaban J connectivity index is 1.95. The van der Waals surface area contributed by atoms with Crippen LogP contribution in [0.2, 0.25) is 5.15 Å². The molecule has 0 saturated heterocycles. The maximum absolute atomic E-state index is 12.1. The predicted molar refractivity (Wildman–Crippen MR) is 76.9 cm³/mol. The maximum atomic E-state index is 12.1. The zero-order chi connectivity index (χ0) is 14.1. The van der Waals surface area contributed by atoms with Crippen molar-refractivity contribution in [3.63, 3.8) is 0 Å². The molecule has 1 fully saturated rings. The van der Waals surface area contributed by atoms with Crippen molar-refractivity contribution in [2.24, 2.45) is 0 Å². The summed E-state index contributed by atoms with van der Waals surface area (Å²) in [5, 5.41) is 9.31. The van der Waals surface area contributed by atoms with Crippen LogP contribution in [0, 0.1) is 0 Å². The van der Waals surface area contributed by atoms with Crippen LogP contribution in [-0.4, -0.2) is 14.7 Å². The largest absolute Gasteiger partial charge is 0.392 e. The highest BCUT2D eigenvalue weighted by molar-refractivity contribution is 6.29. The summed E-state index contributed by atoms with van der Waals surface area (Å²) >= 11 is 5.88. The molecule has 0 aliphatic heterocycles. The molecule has 0 bridgehead atoms. The van der Waals surface area contributed by atoms with Gasteiger partial charge in [0.1, 0.15) is 11.0 Å². The van der Waals surface area contributed by atoms with Gasteiger partial charge in [-0.1, -0.05) is 35.9 Å². The van der Waals surface area contributed by atoms with Crippen LogP contribution in [0.5, 0.6) is 0 Å². The molecule has 20 heavy (non-hydrogen) atoms. The number of hydrogen-bond donors (Lipinski definition) is 1. The zero-order valence-corrected chi connectivity index (χ0v) is 11.7. The first-order chi connectivity index (χ1) is 9.67. The molecule has 3 rings (SSSR count). The molecular formula is C15H15ClN2O2. The van der Waals surface area contributed by atoms with Crippen molar-refractivity contribution in [2.45, 2.75) is 31.9 Å². The van der Waals surface area contributed by atoms with Gasteiger partial charge in [-0.05, 0) is 24.0 Å². The van der Waals surface area contributed by atoms with Crippen molar-refractivity contribution in [3.8, 4) is 0 Å². The zero-order valence-electron chi connectivity index (χ0n) is 10.9. The molecule has 0 atom stereocenters. The van der Waals surface area contributed by atoms with Crippen LogP contribution in [0.15, 0.2) is 35.1 Å². The van der Waals surface area contributed by atoms with E-state index < -0.39 is 0 Å². The topological polar surface area (TPSA) is 55.1 Å². The summed E-state index contributed by atoms with van der Waals surface area (Å²) in [7, 11) is 0. The summed E-state index contributed by atoms with van der Waals surface area (Å²) in [5.74, 6) is 1.15. The van der Waals surface area contributed by atoms with Gasteiger partial charge in [0.25, 0.3) is 5.56 Å². The molecule has 1 N–H and O–H groups in total. The summed E-state index contributed by atoms with van der Waals surface area (Å²) < 4.78 is 1.69. The SMILES string of the molecule is O=c1cc(Cl)nc(C2CC2)n1Cc1ccc(CO)cc1. The normalized spacial score (nSPS) is 14.5. The lowest BCUT2D eigenvalue weighted by Crippen LogP contribution is -2.24. The Labute approximate surface area is 121 Å². The Morgan fingerprint density at radius 1 is 1.25 bits per heavy atom. The third-order valence-electron chi connectivity index (χ3n) is 3.50. The lowest BCUT2D eigenvalue weighted by molar-refractivity contribution is 0.282.